The zero-order valence-electron chi connectivity index (χ0n) is 34.3. The first-order chi connectivity index (χ1) is 25.6. The smallest absolute Gasteiger partial charge is 0.313 e. The van der Waals surface area contributed by atoms with E-state index in [1.54, 1.807) is 47.0 Å². The maximum absolute atomic E-state index is 11.7. The van der Waals surface area contributed by atoms with Crippen LogP contribution in [0.25, 0.3) is 0 Å². The summed E-state index contributed by atoms with van der Waals surface area (Å²) in [5.74, 6) is 9.59. The molecule has 0 aromatic heterocycles. The van der Waals surface area contributed by atoms with Gasteiger partial charge in [-0.2, -0.15) is 47.0 Å². The zero-order valence-corrected chi connectivity index (χ0v) is 39.2. The van der Waals surface area contributed by atoms with Crippen molar-refractivity contribution in [2.24, 2.45) is 22.7 Å². The van der Waals surface area contributed by atoms with Crippen LogP contribution >= 0.6 is 70.6 Å². The summed E-state index contributed by atoms with van der Waals surface area (Å²) < 4.78 is 31.8. The first-order valence-electron chi connectivity index (χ1n) is 19.2. The van der Waals surface area contributed by atoms with Crippen molar-refractivity contribution in [3.63, 3.8) is 0 Å². The van der Waals surface area contributed by atoms with E-state index in [9.17, 15) is 19.2 Å². The molecule has 4 aliphatic rings. The van der Waals surface area contributed by atoms with Crippen LogP contribution in [-0.4, -0.2) is 118 Å². The van der Waals surface area contributed by atoms with Crippen molar-refractivity contribution in [2.75, 3.05) is 70.7 Å². The van der Waals surface area contributed by atoms with E-state index in [2.05, 4.69) is 0 Å². The molecule has 56 heavy (non-hydrogen) atoms. The molecular formula is C40H76O10S6. The highest BCUT2D eigenvalue weighted by Crippen LogP contribution is 2.30. The van der Waals surface area contributed by atoms with Crippen molar-refractivity contribution in [1.82, 2.24) is 0 Å². The van der Waals surface area contributed by atoms with E-state index >= 15 is 0 Å². The number of carbonyl (C=O) groups excluding carboxylic acids is 4. The van der Waals surface area contributed by atoms with Gasteiger partial charge in [0.05, 0.1) is 47.4 Å². The second kappa shape index (κ2) is 32.6. The predicted octanol–water partition coefficient (Wildman–Crippen LogP) is 10.1. The number of thioether (sulfide) groups is 6. The van der Waals surface area contributed by atoms with Gasteiger partial charge in [-0.1, -0.05) is 56.4 Å². The van der Waals surface area contributed by atoms with Crippen LogP contribution < -0.4 is 0 Å². The first kappa shape index (κ1) is 58.0. The molecule has 6 atom stereocenters. The van der Waals surface area contributed by atoms with Gasteiger partial charge in [0.2, 0.25) is 12.6 Å². The van der Waals surface area contributed by atoms with E-state index in [1.807, 2.05) is 92.8 Å². The molecule has 0 aliphatic carbocycles. The van der Waals surface area contributed by atoms with Gasteiger partial charge in [0.15, 0.2) is 10.9 Å². The van der Waals surface area contributed by atoms with Crippen LogP contribution in [0.2, 0.25) is 0 Å². The molecule has 4 rings (SSSR count). The van der Waals surface area contributed by atoms with Crippen molar-refractivity contribution in [2.45, 2.75) is 133 Å². The average Bonchev–Trinajstić information content (AvgIpc) is 3.19. The third-order valence-electron chi connectivity index (χ3n) is 9.02. The minimum absolute atomic E-state index is 0. The molecule has 0 spiro atoms. The van der Waals surface area contributed by atoms with Crippen LogP contribution in [0.4, 0.5) is 0 Å². The highest BCUT2D eigenvalue weighted by Gasteiger charge is 2.31. The summed E-state index contributed by atoms with van der Waals surface area (Å²) in [6.45, 7) is 20.8. The highest BCUT2D eigenvalue weighted by atomic mass is 32.2. The van der Waals surface area contributed by atoms with Gasteiger partial charge in [-0.15, -0.1) is 23.5 Å². The minimum Gasteiger partial charge on any atom is -0.450 e. The Morgan fingerprint density at radius 3 is 1.29 bits per heavy atom. The molecular weight excluding hydrogens is 833 g/mol. The maximum atomic E-state index is 11.7. The summed E-state index contributed by atoms with van der Waals surface area (Å²) >= 11 is 10.8. The number of rotatable bonds is 12. The van der Waals surface area contributed by atoms with Gasteiger partial charge in [-0.3, -0.25) is 19.2 Å². The summed E-state index contributed by atoms with van der Waals surface area (Å²) in [5.41, 5.74) is -0.555. The number of ether oxygens (including phenoxy) is 6. The second-order valence-electron chi connectivity index (χ2n) is 14.3. The SMILES string of the molecule is C.C.CCC(C)(C)C(=O)OC1CSCCO1.CCC(C)(C)C(=O)OC1CSCCS1.CCC(C)C(=O)OC1CSCCO1.CCC(C)C(=O)OC1CSCCS1. The van der Waals surface area contributed by atoms with Gasteiger partial charge in [0.1, 0.15) is 0 Å². The molecule has 6 unspecified atom stereocenters. The fourth-order valence-corrected chi connectivity index (χ4v) is 10.0. The topological polar surface area (TPSA) is 124 Å². The fraction of sp³-hybridized carbons (Fsp3) is 0.900. The number of esters is 4. The molecule has 4 heterocycles. The Morgan fingerprint density at radius 2 is 0.929 bits per heavy atom. The van der Waals surface area contributed by atoms with E-state index in [0.717, 1.165) is 71.7 Å². The van der Waals surface area contributed by atoms with Crippen molar-refractivity contribution < 1.29 is 47.6 Å². The van der Waals surface area contributed by atoms with Gasteiger partial charge in [0, 0.05) is 46.0 Å². The number of hydrogen-bond donors (Lipinski definition) is 0. The molecule has 16 heteroatoms. The Labute approximate surface area is 366 Å². The molecule has 332 valence electrons. The molecule has 0 N–H and O–H groups in total. The van der Waals surface area contributed by atoms with Crippen LogP contribution in [0.5, 0.6) is 0 Å². The quantitative estimate of drug-likeness (QED) is 0.136. The molecule has 0 amide bonds. The standard InChI is InChI=1S/C10H18O3S.C10H18O2S2.C9H16O3S.C9H16O2S2.2CH4/c1-4-10(2,3)9(11)13-8-7-14-6-5-12-8;1-4-10(2,3)9(11)12-8-7-13-5-6-14-8;1-3-7(2)9(10)12-8-6-13-5-4-11-8;1-3-7(2)9(10)11-8-6-12-4-5-13-8;;/h2*8H,4-7H2,1-3H3;2*7-8H,3-6H2,1-2H3;2*1H4. The summed E-state index contributed by atoms with van der Waals surface area (Å²) in [6.07, 6.45) is 2.64. The highest BCUT2D eigenvalue weighted by molar-refractivity contribution is 8.07. The summed E-state index contributed by atoms with van der Waals surface area (Å²) in [6, 6.07) is 0. The van der Waals surface area contributed by atoms with Crippen LogP contribution in [0.3, 0.4) is 0 Å². The monoisotopic (exact) mass is 908 g/mol. The fourth-order valence-electron chi connectivity index (χ4n) is 3.81. The number of hydrogen-bond acceptors (Lipinski definition) is 16. The van der Waals surface area contributed by atoms with Crippen molar-refractivity contribution in [3.05, 3.63) is 0 Å². The summed E-state index contributed by atoms with van der Waals surface area (Å²) in [5, 5.41) is 0. The Balaban J connectivity index is 0. The van der Waals surface area contributed by atoms with Crippen LogP contribution in [0.1, 0.15) is 110 Å². The Morgan fingerprint density at radius 1 is 0.554 bits per heavy atom. The van der Waals surface area contributed by atoms with Gasteiger partial charge in [-0.05, 0) is 53.4 Å². The van der Waals surface area contributed by atoms with E-state index in [-0.39, 0.29) is 79.4 Å². The lowest BCUT2D eigenvalue weighted by molar-refractivity contribution is -0.184. The van der Waals surface area contributed by atoms with Gasteiger partial charge >= 0.3 is 23.9 Å². The van der Waals surface area contributed by atoms with Gasteiger partial charge in [0.25, 0.3) is 0 Å². The molecule has 0 aromatic rings. The van der Waals surface area contributed by atoms with Crippen LogP contribution in [-0.2, 0) is 47.6 Å². The summed E-state index contributed by atoms with van der Waals surface area (Å²) in [4.78, 5) is 46.1. The molecule has 0 radical (unpaired) electrons. The van der Waals surface area contributed by atoms with Crippen molar-refractivity contribution >= 4 is 94.4 Å². The molecule has 0 aromatic carbocycles. The molecule has 0 saturated carbocycles. The Bertz CT molecular complexity index is 976. The zero-order chi connectivity index (χ0) is 40.6. The number of carbonyl (C=O) groups is 4. The normalized spacial score (nSPS) is 23.3. The first-order valence-corrected chi connectivity index (χ1v) is 25.9. The largest absolute Gasteiger partial charge is 0.450 e. The Hall–Kier alpha value is -0.100. The van der Waals surface area contributed by atoms with Crippen molar-refractivity contribution in [1.29, 1.82) is 0 Å². The third kappa shape index (κ3) is 24.9. The van der Waals surface area contributed by atoms with Crippen LogP contribution in [0, 0.1) is 22.7 Å². The lowest BCUT2D eigenvalue weighted by atomic mass is 9.91. The Kier molecular flexibility index (Phi) is 33.8. The van der Waals surface area contributed by atoms with E-state index in [0.29, 0.717) is 13.2 Å². The van der Waals surface area contributed by atoms with Gasteiger partial charge in [-0.25, -0.2) is 0 Å². The third-order valence-corrected chi connectivity index (χ3v) is 16.1. The average molecular weight is 909 g/mol. The minimum atomic E-state index is -0.397. The lowest BCUT2D eigenvalue weighted by Gasteiger charge is -2.27. The molecule has 0 bridgehead atoms. The second-order valence-corrected chi connectivity index (χ2v) is 21.4. The molecule has 4 fully saturated rings. The molecule has 4 aliphatic heterocycles. The van der Waals surface area contributed by atoms with E-state index < -0.39 is 5.41 Å². The molecule has 4 saturated heterocycles. The van der Waals surface area contributed by atoms with Crippen molar-refractivity contribution in [3.8, 4) is 0 Å². The molecule has 10 nitrogen and oxygen atoms in total. The van der Waals surface area contributed by atoms with E-state index in [4.69, 9.17) is 28.4 Å². The van der Waals surface area contributed by atoms with Crippen LogP contribution in [0.15, 0.2) is 0 Å². The van der Waals surface area contributed by atoms with Gasteiger partial charge < -0.3 is 28.4 Å². The lowest BCUT2D eigenvalue weighted by Crippen LogP contribution is -2.34. The summed E-state index contributed by atoms with van der Waals surface area (Å²) in [7, 11) is 0. The van der Waals surface area contributed by atoms with E-state index in [1.165, 1.54) is 11.5 Å². The maximum Gasteiger partial charge on any atom is 0.313 e. The predicted molar refractivity (Wildman–Crippen MR) is 246 cm³/mol.